The van der Waals surface area contributed by atoms with Crippen LogP contribution in [0.25, 0.3) is 0 Å². The number of carbonyl (C=O) groups excluding carboxylic acids is 2. The second-order valence-electron chi connectivity index (χ2n) is 7.15. The lowest BCUT2D eigenvalue weighted by atomic mass is 9.73. The Kier molecular flexibility index (Phi) is 3.60. The Morgan fingerprint density at radius 2 is 1.84 bits per heavy atom. The maximum absolute atomic E-state index is 11.9. The van der Waals surface area contributed by atoms with Crippen LogP contribution in [-0.4, -0.2) is 36.0 Å². The molecule has 5 heteroatoms. The number of hydrogen-bond acceptors (Lipinski definition) is 3. The predicted molar refractivity (Wildman–Crippen MR) is 73.4 cm³/mol. The molecule has 3 amide bonds. The highest BCUT2D eigenvalue weighted by atomic mass is 16.2. The Balaban J connectivity index is 2.02. The standard InChI is InChI=1S/C14H25N3O2/c1-13(2)8-17(12(19)16-11(13)18)9-14(3)6-4-10(15)5-7-14/h10H,4-9,15H2,1-3H3,(H,16,18,19). The van der Waals surface area contributed by atoms with Crippen LogP contribution in [0.1, 0.15) is 46.5 Å². The zero-order valence-electron chi connectivity index (χ0n) is 12.2. The number of nitrogens with two attached hydrogens (primary N) is 1. The summed E-state index contributed by atoms with van der Waals surface area (Å²) in [5.41, 5.74) is 5.56. The molecule has 2 aliphatic rings. The molecule has 2 rings (SSSR count). The van der Waals surface area contributed by atoms with Crippen molar-refractivity contribution in [1.82, 2.24) is 10.2 Å². The van der Waals surface area contributed by atoms with E-state index in [2.05, 4.69) is 12.2 Å². The van der Waals surface area contributed by atoms with E-state index in [4.69, 9.17) is 5.73 Å². The summed E-state index contributed by atoms with van der Waals surface area (Å²) in [4.78, 5) is 25.4. The van der Waals surface area contributed by atoms with Crippen molar-refractivity contribution in [1.29, 1.82) is 0 Å². The maximum atomic E-state index is 11.9. The van der Waals surface area contributed by atoms with Crippen LogP contribution < -0.4 is 11.1 Å². The second-order valence-corrected chi connectivity index (χ2v) is 7.15. The van der Waals surface area contributed by atoms with E-state index < -0.39 is 5.41 Å². The van der Waals surface area contributed by atoms with Gasteiger partial charge in [-0.3, -0.25) is 10.1 Å². The Labute approximate surface area is 114 Å². The van der Waals surface area contributed by atoms with Gasteiger partial charge in [0.05, 0.1) is 5.41 Å². The highest BCUT2D eigenvalue weighted by Crippen LogP contribution is 2.37. The molecule has 1 aliphatic heterocycles. The average molecular weight is 267 g/mol. The average Bonchev–Trinajstić information content (AvgIpc) is 2.30. The number of imide groups is 1. The van der Waals surface area contributed by atoms with E-state index in [0.29, 0.717) is 19.1 Å². The summed E-state index contributed by atoms with van der Waals surface area (Å²) in [6.07, 6.45) is 4.14. The van der Waals surface area contributed by atoms with Crippen molar-refractivity contribution in [2.24, 2.45) is 16.6 Å². The zero-order valence-corrected chi connectivity index (χ0v) is 12.2. The Morgan fingerprint density at radius 3 is 2.42 bits per heavy atom. The smallest absolute Gasteiger partial charge is 0.324 e. The van der Waals surface area contributed by atoms with Crippen LogP contribution in [0, 0.1) is 10.8 Å². The predicted octanol–water partition coefficient (Wildman–Crippen LogP) is 1.47. The van der Waals surface area contributed by atoms with Crippen molar-refractivity contribution in [3.8, 4) is 0 Å². The minimum absolute atomic E-state index is 0.129. The quantitative estimate of drug-likeness (QED) is 0.795. The lowest BCUT2D eigenvalue weighted by Gasteiger charge is -2.44. The molecule has 3 N–H and O–H groups in total. The molecular weight excluding hydrogens is 242 g/mol. The molecule has 0 spiro atoms. The number of nitrogens with zero attached hydrogens (tertiary/aromatic N) is 1. The molecule has 0 atom stereocenters. The molecule has 0 aromatic heterocycles. The zero-order chi connectivity index (χ0) is 14.3. The molecule has 0 bridgehead atoms. The van der Waals surface area contributed by atoms with Crippen LogP contribution >= 0.6 is 0 Å². The molecule has 1 saturated heterocycles. The van der Waals surface area contributed by atoms with Crippen molar-refractivity contribution in [2.75, 3.05) is 13.1 Å². The fraction of sp³-hybridized carbons (Fsp3) is 0.857. The molecule has 0 unspecified atom stereocenters. The topological polar surface area (TPSA) is 75.4 Å². The van der Waals surface area contributed by atoms with Gasteiger partial charge in [-0.2, -0.15) is 0 Å². The van der Waals surface area contributed by atoms with Crippen molar-refractivity contribution in [2.45, 2.75) is 52.5 Å². The number of hydrogen-bond donors (Lipinski definition) is 2. The lowest BCUT2D eigenvalue weighted by molar-refractivity contribution is -0.131. The first-order valence-corrected chi connectivity index (χ1v) is 7.08. The first kappa shape index (κ1) is 14.3. The minimum Gasteiger partial charge on any atom is -0.328 e. The van der Waals surface area contributed by atoms with E-state index in [0.717, 1.165) is 25.7 Å². The normalized spacial score (nSPS) is 35.2. The second kappa shape index (κ2) is 4.78. The van der Waals surface area contributed by atoms with Gasteiger partial charge in [-0.15, -0.1) is 0 Å². The highest BCUT2D eigenvalue weighted by Gasteiger charge is 2.41. The molecule has 5 nitrogen and oxygen atoms in total. The van der Waals surface area contributed by atoms with Crippen molar-refractivity contribution < 1.29 is 9.59 Å². The van der Waals surface area contributed by atoms with Crippen LogP contribution in [0.5, 0.6) is 0 Å². The molecule has 108 valence electrons. The van der Waals surface area contributed by atoms with E-state index in [1.54, 1.807) is 4.90 Å². The summed E-state index contributed by atoms with van der Waals surface area (Å²) in [6.45, 7) is 7.18. The number of rotatable bonds is 2. The maximum Gasteiger partial charge on any atom is 0.324 e. The van der Waals surface area contributed by atoms with Gasteiger partial charge < -0.3 is 10.6 Å². The molecule has 1 saturated carbocycles. The molecule has 1 aliphatic carbocycles. The summed E-state index contributed by atoms with van der Waals surface area (Å²) in [6, 6.07) is 0.0571. The van der Waals surface area contributed by atoms with Gasteiger partial charge in [0, 0.05) is 19.1 Å². The van der Waals surface area contributed by atoms with Crippen LogP contribution in [0.3, 0.4) is 0 Å². The number of urea groups is 1. The van der Waals surface area contributed by atoms with Gasteiger partial charge in [0.1, 0.15) is 0 Å². The SMILES string of the molecule is CC1(CN2CC(C)(C)C(=O)NC2=O)CCC(N)CC1. The monoisotopic (exact) mass is 267 g/mol. The first-order chi connectivity index (χ1) is 8.72. The molecule has 0 radical (unpaired) electrons. The summed E-state index contributed by atoms with van der Waals surface area (Å²) in [7, 11) is 0. The summed E-state index contributed by atoms with van der Waals surface area (Å²) in [5.74, 6) is -0.176. The molecule has 19 heavy (non-hydrogen) atoms. The minimum atomic E-state index is -0.505. The van der Waals surface area contributed by atoms with Crippen LogP contribution in [0.2, 0.25) is 0 Å². The number of carbonyl (C=O) groups is 2. The van der Waals surface area contributed by atoms with Gasteiger partial charge in [0.2, 0.25) is 5.91 Å². The van der Waals surface area contributed by atoms with Crippen molar-refractivity contribution >= 4 is 11.9 Å². The third kappa shape index (κ3) is 3.08. The largest absolute Gasteiger partial charge is 0.328 e. The van der Waals surface area contributed by atoms with Crippen LogP contribution in [-0.2, 0) is 4.79 Å². The molecular formula is C14H25N3O2. The fourth-order valence-electron chi connectivity index (χ4n) is 3.05. The van der Waals surface area contributed by atoms with Crippen molar-refractivity contribution in [3.05, 3.63) is 0 Å². The Morgan fingerprint density at radius 1 is 1.26 bits per heavy atom. The number of nitrogens with one attached hydrogen (secondary N) is 1. The van der Waals surface area contributed by atoms with Gasteiger partial charge in [0.25, 0.3) is 0 Å². The van der Waals surface area contributed by atoms with Gasteiger partial charge in [-0.1, -0.05) is 6.92 Å². The molecule has 2 fully saturated rings. The fourth-order valence-corrected chi connectivity index (χ4v) is 3.05. The third-order valence-electron chi connectivity index (χ3n) is 4.52. The van der Waals surface area contributed by atoms with E-state index >= 15 is 0 Å². The van der Waals surface area contributed by atoms with Gasteiger partial charge in [0.15, 0.2) is 0 Å². The van der Waals surface area contributed by atoms with Gasteiger partial charge in [-0.05, 0) is 44.9 Å². The Bertz CT molecular complexity index is 384. The number of amides is 3. The van der Waals surface area contributed by atoms with Crippen molar-refractivity contribution in [3.63, 3.8) is 0 Å². The van der Waals surface area contributed by atoms with Gasteiger partial charge in [-0.25, -0.2) is 4.79 Å². The third-order valence-corrected chi connectivity index (χ3v) is 4.52. The highest BCUT2D eigenvalue weighted by molar-refractivity contribution is 5.99. The Hall–Kier alpha value is -1.10. The molecule has 1 heterocycles. The molecule has 0 aromatic carbocycles. The van der Waals surface area contributed by atoms with E-state index in [1.165, 1.54) is 0 Å². The van der Waals surface area contributed by atoms with E-state index in [9.17, 15) is 9.59 Å². The summed E-state index contributed by atoms with van der Waals surface area (Å²) >= 11 is 0. The summed E-state index contributed by atoms with van der Waals surface area (Å²) in [5, 5.41) is 2.46. The lowest BCUT2D eigenvalue weighted by Crippen LogP contribution is -2.60. The van der Waals surface area contributed by atoms with Crippen LogP contribution in [0.15, 0.2) is 0 Å². The van der Waals surface area contributed by atoms with Gasteiger partial charge >= 0.3 is 6.03 Å². The van der Waals surface area contributed by atoms with E-state index in [-0.39, 0.29) is 17.4 Å². The summed E-state index contributed by atoms with van der Waals surface area (Å²) < 4.78 is 0. The van der Waals surface area contributed by atoms with E-state index in [1.807, 2.05) is 13.8 Å². The van der Waals surface area contributed by atoms with Crippen LogP contribution in [0.4, 0.5) is 4.79 Å². The first-order valence-electron chi connectivity index (χ1n) is 7.08. The molecule has 0 aromatic rings.